The minimum absolute atomic E-state index is 0.107. The highest BCUT2D eigenvalue weighted by atomic mass is 16.5. The molecule has 0 bridgehead atoms. The molecule has 1 heterocycles. The third-order valence-electron chi connectivity index (χ3n) is 2.00. The van der Waals surface area contributed by atoms with Gasteiger partial charge in [0, 0.05) is 11.1 Å². The van der Waals surface area contributed by atoms with E-state index in [1.54, 1.807) is 13.3 Å². The lowest BCUT2D eigenvalue weighted by Gasteiger charge is -2.20. The molecule has 0 N–H and O–H groups in total. The third kappa shape index (κ3) is 2.20. The van der Waals surface area contributed by atoms with Crippen molar-refractivity contribution in [1.29, 1.82) is 0 Å². The molecule has 13 heavy (non-hydrogen) atoms. The summed E-state index contributed by atoms with van der Waals surface area (Å²) in [5, 5.41) is 0. The van der Waals surface area contributed by atoms with Crippen molar-refractivity contribution < 1.29 is 4.74 Å². The van der Waals surface area contributed by atoms with Gasteiger partial charge in [-0.1, -0.05) is 20.8 Å². The largest absolute Gasteiger partial charge is 0.495 e. The average molecular weight is 179 g/mol. The summed E-state index contributed by atoms with van der Waals surface area (Å²) in [7, 11) is 1.66. The number of rotatable bonds is 1. The second-order valence-electron chi connectivity index (χ2n) is 4.29. The van der Waals surface area contributed by atoms with Gasteiger partial charge in [0.25, 0.3) is 0 Å². The Kier molecular flexibility index (Phi) is 2.60. The van der Waals surface area contributed by atoms with Gasteiger partial charge in [-0.3, -0.25) is 4.98 Å². The molecule has 2 nitrogen and oxygen atoms in total. The van der Waals surface area contributed by atoms with E-state index in [1.165, 1.54) is 5.56 Å². The number of aromatic nitrogens is 1. The van der Waals surface area contributed by atoms with Gasteiger partial charge in [0.15, 0.2) is 0 Å². The molecule has 0 fully saturated rings. The first kappa shape index (κ1) is 10.0. The molecule has 0 aliphatic heterocycles. The summed E-state index contributed by atoms with van der Waals surface area (Å²) in [5.41, 5.74) is 2.43. The molecule has 0 spiro atoms. The number of hydrogen-bond acceptors (Lipinski definition) is 2. The summed E-state index contributed by atoms with van der Waals surface area (Å²) >= 11 is 0. The maximum Gasteiger partial charge on any atom is 0.137 e. The van der Waals surface area contributed by atoms with E-state index in [9.17, 15) is 0 Å². The van der Waals surface area contributed by atoms with E-state index in [-0.39, 0.29) is 5.41 Å². The van der Waals surface area contributed by atoms with Crippen LogP contribution in [0.15, 0.2) is 12.3 Å². The fourth-order valence-electron chi connectivity index (χ4n) is 1.45. The number of methoxy groups -OCH3 is 1. The van der Waals surface area contributed by atoms with Crippen LogP contribution in [0.3, 0.4) is 0 Å². The number of ether oxygens (including phenoxy) is 1. The zero-order valence-corrected chi connectivity index (χ0v) is 9.01. The van der Waals surface area contributed by atoms with Crippen LogP contribution in [0.2, 0.25) is 0 Å². The summed E-state index contributed by atoms with van der Waals surface area (Å²) in [6.07, 6.45) is 1.77. The highest BCUT2D eigenvalue weighted by Gasteiger charge is 2.17. The van der Waals surface area contributed by atoms with E-state index in [0.29, 0.717) is 0 Å². The third-order valence-corrected chi connectivity index (χ3v) is 2.00. The van der Waals surface area contributed by atoms with Gasteiger partial charge in [-0.05, 0) is 18.6 Å². The summed E-state index contributed by atoms with van der Waals surface area (Å²) in [4.78, 5) is 4.40. The van der Waals surface area contributed by atoms with Crippen LogP contribution in [-0.2, 0) is 5.41 Å². The normalized spacial score (nSPS) is 11.5. The molecular weight excluding hydrogens is 162 g/mol. The van der Waals surface area contributed by atoms with Crippen LogP contribution in [-0.4, -0.2) is 12.1 Å². The predicted molar refractivity (Wildman–Crippen MR) is 54.2 cm³/mol. The van der Waals surface area contributed by atoms with E-state index in [4.69, 9.17) is 4.74 Å². The number of nitrogens with zero attached hydrogens (tertiary/aromatic N) is 1. The lowest BCUT2D eigenvalue weighted by atomic mass is 9.89. The van der Waals surface area contributed by atoms with Crippen molar-refractivity contribution in [1.82, 2.24) is 4.98 Å². The molecule has 72 valence electrons. The lowest BCUT2D eigenvalue weighted by Crippen LogP contribution is -2.15. The van der Waals surface area contributed by atoms with Gasteiger partial charge in [-0.15, -0.1) is 0 Å². The van der Waals surface area contributed by atoms with Crippen LogP contribution in [0.1, 0.15) is 32.0 Å². The highest BCUT2D eigenvalue weighted by molar-refractivity contribution is 5.31. The molecule has 0 aliphatic carbocycles. The monoisotopic (exact) mass is 179 g/mol. The van der Waals surface area contributed by atoms with Gasteiger partial charge in [0.05, 0.1) is 13.3 Å². The second-order valence-corrected chi connectivity index (χ2v) is 4.29. The van der Waals surface area contributed by atoms with E-state index in [1.807, 2.05) is 6.07 Å². The van der Waals surface area contributed by atoms with Crippen LogP contribution in [0.25, 0.3) is 0 Å². The van der Waals surface area contributed by atoms with Crippen molar-refractivity contribution in [2.75, 3.05) is 7.11 Å². The first-order valence-electron chi connectivity index (χ1n) is 4.46. The predicted octanol–water partition coefficient (Wildman–Crippen LogP) is 2.70. The quantitative estimate of drug-likeness (QED) is 0.661. The fraction of sp³-hybridized carbons (Fsp3) is 0.545. The Morgan fingerprint density at radius 2 is 1.92 bits per heavy atom. The molecule has 0 amide bonds. The van der Waals surface area contributed by atoms with E-state index in [2.05, 4.69) is 32.7 Å². The maximum atomic E-state index is 5.10. The standard InChI is InChI=1S/C11H17NO/c1-8-6-9(13-5)7-12-10(8)11(2,3)4/h6-7H,1-5H3. The minimum Gasteiger partial charge on any atom is -0.495 e. The van der Waals surface area contributed by atoms with Crippen molar-refractivity contribution in [2.45, 2.75) is 33.1 Å². The summed E-state index contributed by atoms with van der Waals surface area (Å²) < 4.78 is 5.10. The van der Waals surface area contributed by atoms with Crippen molar-refractivity contribution >= 4 is 0 Å². The van der Waals surface area contributed by atoms with Gasteiger partial charge >= 0.3 is 0 Å². The molecular formula is C11H17NO. The molecule has 0 radical (unpaired) electrons. The summed E-state index contributed by atoms with van der Waals surface area (Å²) in [6, 6.07) is 2.02. The Labute approximate surface area is 80.0 Å². The Hall–Kier alpha value is -1.05. The number of aryl methyl sites for hydroxylation is 1. The zero-order valence-electron chi connectivity index (χ0n) is 9.01. The molecule has 1 aromatic heterocycles. The fourth-order valence-corrected chi connectivity index (χ4v) is 1.45. The molecule has 0 unspecified atom stereocenters. The SMILES string of the molecule is COc1cnc(C(C)(C)C)c(C)c1. The van der Waals surface area contributed by atoms with E-state index in [0.717, 1.165) is 11.4 Å². The molecule has 0 atom stereocenters. The lowest BCUT2D eigenvalue weighted by molar-refractivity contribution is 0.411. The first-order valence-corrected chi connectivity index (χ1v) is 4.46. The molecule has 0 saturated heterocycles. The smallest absolute Gasteiger partial charge is 0.137 e. The Morgan fingerprint density at radius 1 is 1.31 bits per heavy atom. The first-order chi connectivity index (χ1) is 5.95. The van der Waals surface area contributed by atoms with Crippen LogP contribution < -0.4 is 4.74 Å². The van der Waals surface area contributed by atoms with Crippen molar-refractivity contribution in [2.24, 2.45) is 0 Å². The molecule has 0 aliphatic rings. The molecule has 0 saturated carbocycles. The Bertz CT molecular complexity index is 299. The number of hydrogen-bond donors (Lipinski definition) is 0. The molecule has 1 aromatic rings. The van der Waals surface area contributed by atoms with Crippen LogP contribution in [0.4, 0.5) is 0 Å². The highest BCUT2D eigenvalue weighted by Crippen LogP contribution is 2.25. The number of pyridine rings is 1. The maximum absolute atomic E-state index is 5.10. The van der Waals surface area contributed by atoms with Crippen molar-refractivity contribution in [3.63, 3.8) is 0 Å². The molecule has 0 aromatic carbocycles. The summed E-state index contributed by atoms with van der Waals surface area (Å²) in [5.74, 6) is 0.825. The van der Waals surface area contributed by atoms with E-state index >= 15 is 0 Å². The van der Waals surface area contributed by atoms with Gasteiger partial charge in [0.1, 0.15) is 5.75 Å². The summed E-state index contributed by atoms with van der Waals surface area (Å²) in [6.45, 7) is 8.55. The molecule has 1 rings (SSSR count). The van der Waals surface area contributed by atoms with E-state index < -0.39 is 0 Å². The van der Waals surface area contributed by atoms with Gasteiger partial charge in [-0.25, -0.2) is 0 Å². The zero-order chi connectivity index (χ0) is 10.1. The van der Waals surface area contributed by atoms with Gasteiger partial charge < -0.3 is 4.74 Å². The van der Waals surface area contributed by atoms with Crippen LogP contribution in [0, 0.1) is 6.92 Å². The second kappa shape index (κ2) is 3.36. The average Bonchev–Trinajstić information content (AvgIpc) is 2.01. The topological polar surface area (TPSA) is 22.1 Å². The van der Waals surface area contributed by atoms with Crippen LogP contribution >= 0.6 is 0 Å². The van der Waals surface area contributed by atoms with Gasteiger partial charge in [-0.2, -0.15) is 0 Å². The molecule has 2 heteroatoms. The minimum atomic E-state index is 0.107. The Morgan fingerprint density at radius 3 is 2.31 bits per heavy atom. The van der Waals surface area contributed by atoms with Crippen molar-refractivity contribution in [3.05, 3.63) is 23.5 Å². The van der Waals surface area contributed by atoms with Crippen LogP contribution in [0.5, 0.6) is 5.75 Å². The van der Waals surface area contributed by atoms with Crippen molar-refractivity contribution in [3.8, 4) is 5.75 Å². The Balaban J connectivity index is 3.13. The van der Waals surface area contributed by atoms with Gasteiger partial charge in [0.2, 0.25) is 0 Å².